The van der Waals surface area contributed by atoms with Crippen molar-refractivity contribution < 1.29 is 0 Å². The molecule has 0 radical (unpaired) electrons. The molecule has 0 aliphatic heterocycles. The molecule has 13 heavy (non-hydrogen) atoms. The van der Waals surface area contributed by atoms with Crippen LogP contribution < -0.4 is 5.32 Å². The molecule has 1 aromatic rings. The molecule has 0 saturated heterocycles. The van der Waals surface area contributed by atoms with Crippen LogP contribution in [0.1, 0.15) is 18.4 Å². The first-order valence-electron chi connectivity index (χ1n) is 4.49. The first-order valence-corrected chi connectivity index (χ1v) is 4.90. The fourth-order valence-corrected chi connectivity index (χ4v) is 1.46. The second kappa shape index (κ2) is 3.42. The van der Waals surface area contributed by atoms with E-state index in [9.17, 15) is 0 Å². The molecule has 1 fully saturated rings. The highest BCUT2D eigenvalue weighted by Crippen LogP contribution is 2.30. The van der Waals surface area contributed by atoms with Crippen molar-refractivity contribution in [2.24, 2.45) is 5.92 Å². The Morgan fingerprint density at radius 2 is 2.31 bits per heavy atom. The zero-order valence-corrected chi connectivity index (χ0v) is 8.40. The highest BCUT2D eigenvalue weighted by molar-refractivity contribution is 7.80. The topological polar surface area (TPSA) is 24.9 Å². The third-order valence-corrected chi connectivity index (χ3v) is 2.55. The molecule has 0 bridgehead atoms. The smallest absolute Gasteiger partial charge is 0.130 e. The SMILES string of the molecule is Cc1ccc(NC(=S)C2CC2)nc1. The van der Waals surface area contributed by atoms with E-state index in [0.717, 1.165) is 10.8 Å². The van der Waals surface area contributed by atoms with Crippen molar-refractivity contribution in [2.75, 3.05) is 5.32 Å². The molecule has 0 unspecified atom stereocenters. The van der Waals surface area contributed by atoms with Gasteiger partial charge in [0.1, 0.15) is 5.82 Å². The summed E-state index contributed by atoms with van der Waals surface area (Å²) in [5.41, 5.74) is 1.17. The number of pyridine rings is 1. The Labute approximate surface area is 83.4 Å². The van der Waals surface area contributed by atoms with Crippen LogP contribution in [0.4, 0.5) is 5.82 Å². The van der Waals surface area contributed by atoms with Crippen LogP contribution >= 0.6 is 12.2 Å². The minimum atomic E-state index is 0.609. The molecule has 1 aliphatic carbocycles. The fraction of sp³-hybridized carbons (Fsp3) is 0.400. The Balaban J connectivity index is 2.00. The molecule has 1 aliphatic rings. The Kier molecular flexibility index (Phi) is 2.27. The molecule has 0 amide bonds. The van der Waals surface area contributed by atoms with Gasteiger partial charge in [-0.25, -0.2) is 4.98 Å². The summed E-state index contributed by atoms with van der Waals surface area (Å²) >= 11 is 5.20. The summed E-state index contributed by atoms with van der Waals surface area (Å²) in [5, 5.41) is 3.15. The number of anilines is 1. The lowest BCUT2D eigenvalue weighted by Crippen LogP contribution is -2.11. The summed E-state index contributed by atoms with van der Waals surface area (Å²) in [5.74, 6) is 1.47. The Hall–Kier alpha value is -0.960. The van der Waals surface area contributed by atoms with Gasteiger partial charge in [0.05, 0.1) is 4.99 Å². The average Bonchev–Trinajstić information content (AvgIpc) is 2.91. The lowest BCUT2D eigenvalue weighted by atomic mass is 10.3. The summed E-state index contributed by atoms with van der Waals surface area (Å²) in [6.45, 7) is 2.02. The van der Waals surface area contributed by atoms with E-state index < -0.39 is 0 Å². The largest absolute Gasteiger partial charge is 0.335 e. The van der Waals surface area contributed by atoms with E-state index in [1.54, 1.807) is 0 Å². The minimum Gasteiger partial charge on any atom is -0.335 e. The van der Waals surface area contributed by atoms with Crippen LogP contribution in [0.2, 0.25) is 0 Å². The summed E-state index contributed by atoms with van der Waals surface area (Å²) in [6, 6.07) is 3.99. The second-order valence-electron chi connectivity index (χ2n) is 3.48. The Morgan fingerprint density at radius 1 is 1.54 bits per heavy atom. The van der Waals surface area contributed by atoms with Gasteiger partial charge >= 0.3 is 0 Å². The van der Waals surface area contributed by atoms with Crippen molar-refractivity contribution in [3.63, 3.8) is 0 Å². The number of hydrogen-bond acceptors (Lipinski definition) is 2. The number of rotatable bonds is 2. The van der Waals surface area contributed by atoms with Gasteiger partial charge in [-0.3, -0.25) is 0 Å². The maximum atomic E-state index is 5.20. The number of aryl methyl sites for hydroxylation is 1. The monoisotopic (exact) mass is 192 g/mol. The average molecular weight is 192 g/mol. The highest BCUT2D eigenvalue weighted by Gasteiger charge is 2.26. The summed E-state index contributed by atoms with van der Waals surface area (Å²) < 4.78 is 0. The molecule has 3 heteroatoms. The molecular weight excluding hydrogens is 180 g/mol. The van der Waals surface area contributed by atoms with Crippen molar-refractivity contribution in [1.82, 2.24) is 4.98 Å². The fourth-order valence-electron chi connectivity index (χ4n) is 1.12. The van der Waals surface area contributed by atoms with Gasteiger partial charge < -0.3 is 5.32 Å². The number of nitrogens with one attached hydrogen (secondary N) is 1. The van der Waals surface area contributed by atoms with E-state index in [0.29, 0.717) is 5.92 Å². The lowest BCUT2D eigenvalue weighted by Gasteiger charge is -2.05. The molecule has 1 heterocycles. The van der Waals surface area contributed by atoms with Crippen LogP contribution in [-0.4, -0.2) is 9.97 Å². The maximum absolute atomic E-state index is 5.20. The van der Waals surface area contributed by atoms with Gasteiger partial charge in [-0.05, 0) is 31.4 Å². The zero-order valence-electron chi connectivity index (χ0n) is 7.58. The van der Waals surface area contributed by atoms with Gasteiger partial charge in [0.2, 0.25) is 0 Å². The summed E-state index contributed by atoms with van der Waals surface area (Å²) in [6.07, 6.45) is 4.31. The molecule has 1 aromatic heterocycles. The van der Waals surface area contributed by atoms with Gasteiger partial charge in [0.25, 0.3) is 0 Å². The molecule has 0 atom stereocenters. The predicted octanol–water partition coefficient (Wildman–Crippen LogP) is 2.54. The van der Waals surface area contributed by atoms with Crippen molar-refractivity contribution in [1.29, 1.82) is 0 Å². The molecule has 2 rings (SSSR count). The Morgan fingerprint density at radius 3 is 2.85 bits per heavy atom. The maximum Gasteiger partial charge on any atom is 0.130 e. The molecule has 0 aromatic carbocycles. The van der Waals surface area contributed by atoms with Gasteiger partial charge in [-0.15, -0.1) is 0 Å². The minimum absolute atomic E-state index is 0.609. The normalized spacial score (nSPS) is 15.5. The number of thiocarbonyl (C=S) groups is 1. The molecule has 2 nitrogen and oxygen atoms in total. The van der Waals surface area contributed by atoms with Gasteiger partial charge in [-0.1, -0.05) is 18.3 Å². The Bertz CT molecular complexity index is 314. The summed E-state index contributed by atoms with van der Waals surface area (Å²) in [7, 11) is 0. The molecule has 1 N–H and O–H groups in total. The van der Waals surface area contributed by atoms with E-state index in [1.807, 2.05) is 25.3 Å². The first kappa shape index (κ1) is 8.63. The van der Waals surface area contributed by atoms with Crippen LogP contribution in [0.25, 0.3) is 0 Å². The lowest BCUT2D eigenvalue weighted by molar-refractivity contribution is 1.20. The number of aromatic nitrogens is 1. The van der Waals surface area contributed by atoms with Crippen molar-refractivity contribution in [3.05, 3.63) is 23.9 Å². The van der Waals surface area contributed by atoms with Crippen LogP contribution in [-0.2, 0) is 0 Å². The standard InChI is InChI=1S/C10H12N2S/c1-7-2-5-9(11-6-7)12-10(13)8-3-4-8/h2,5-6,8H,3-4H2,1H3,(H,11,12,13). The van der Waals surface area contributed by atoms with Gasteiger partial charge in [0, 0.05) is 12.1 Å². The van der Waals surface area contributed by atoms with Crippen LogP contribution in [0.5, 0.6) is 0 Å². The highest BCUT2D eigenvalue weighted by atomic mass is 32.1. The molecule has 1 saturated carbocycles. The summed E-state index contributed by atoms with van der Waals surface area (Å²) in [4.78, 5) is 5.17. The molecule has 0 spiro atoms. The van der Waals surface area contributed by atoms with Gasteiger partial charge in [-0.2, -0.15) is 0 Å². The van der Waals surface area contributed by atoms with Crippen molar-refractivity contribution in [3.8, 4) is 0 Å². The molecular formula is C10H12N2S. The van der Waals surface area contributed by atoms with E-state index in [-0.39, 0.29) is 0 Å². The van der Waals surface area contributed by atoms with Crippen molar-refractivity contribution in [2.45, 2.75) is 19.8 Å². The van der Waals surface area contributed by atoms with Crippen molar-refractivity contribution >= 4 is 23.0 Å². The van der Waals surface area contributed by atoms with Crippen LogP contribution in [0.15, 0.2) is 18.3 Å². The van der Waals surface area contributed by atoms with Gasteiger partial charge in [0.15, 0.2) is 0 Å². The third kappa shape index (κ3) is 2.25. The van der Waals surface area contributed by atoms with Crippen LogP contribution in [0.3, 0.4) is 0 Å². The zero-order chi connectivity index (χ0) is 9.26. The quantitative estimate of drug-likeness (QED) is 0.729. The second-order valence-corrected chi connectivity index (χ2v) is 3.92. The van der Waals surface area contributed by atoms with E-state index >= 15 is 0 Å². The molecule has 68 valence electrons. The number of nitrogens with zero attached hydrogens (tertiary/aromatic N) is 1. The van der Waals surface area contributed by atoms with E-state index in [2.05, 4.69) is 10.3 Å². The van der Waals surface area contributed by atoms with Crippen LogP contribution in [0, 0.1) is 12.8 Å². The van der Waals surface area contributed by atoms with E-state index in [1.165, 1.54) is 18.4 Å². The van der Waals surface area contributed by atoms with E-state index in [4.69, 9.17) is 12.2 Å². The first-order chi connectivity index (χ1) is 6.25. The third-order valence-electron chi connectivity index (χ3n) is 2.11. The predicted molar refractivity (Wildman–Crippen MR) is 57.9 cm³/mol. The number of hydrogen-bond donors (Lipinski definition) is 1.